The highest BCUT2D eigenvalue weighted by molar-refractivity contribution is 5.85. The lowest BCUT2D eigenvalue weighted by Gasteiger charge is -2.09. The van der Waals surface area contributed by atoms with E-state index in [1.165, 1.54) is 12.1 Å². The maximum atomic E-state index is 12.6. The van der Waals surface area contributed by atoms with E-state index in [4.69, 9.17) is 5.73 Å². The molecule has 0 saturated heterocycles. The molecule has 1 aliphatic rings. The van der Waals surface area contributed by atoms with Crippen LogP contribution in [0, 0.1) is 11.7 Å². The Bertz CT molecular complexity index is 298. The first-order valence-corrected chi connectivity index (χ1v) is 4.18. The lowest BCUT2D eigenvalue weighted by Crippen LogP contribution is -2.21. The molecule has 13 heavy (non-hydrogen) atoms. The molecule has 0 bridgehead atoms. The van der Waals surface area contributed by atoms with Crippen LogP contribution in [0.2, 0.25) is 0 Å². The summed E-state index contributed by atoms with van der Waals surface area (Å²) >= 11 is 0. The number of hydrogen-bond donors (Lipinski definition) is 1. The lowest BCUT2D eigenvalue weighted by molar-refractivity contribution is 0.620. The third kappa shape index (κ3) is 1.69. The van der Waals surface area contributed by atoms with Crippen molar-refractivity contribution in [1.29, 1.82) is 0 Å². The summed E-state index contributed by atoms with van der Waals surface area (Å²) in [7, 11) is 0. The summed E-state index contributed by atoms with van der Waals surface area (Å²) in [5.41, 5.74) is 6.92. The summed E-state index contributed by atoms with van der Waals surface area (Å²) in [4.78, 5) is 0. The average molecular weight is 202 g/mol. The van der Waals surface area contributed by atoms with Crippen molar-refractivity contribution in [3.05, 3.63) is 35.6 Å². The number of hydrogen-bond acceptors (Lipinski definition) is 1. The summed E-state index contributed by atoms with van der Waals surface area (Å²) in [5.74, 6) is 0.332. The van der Waals surface area contributed by atoms with E-state index < -0.39 is 0 Å². The number of rotatable bonds is 1. The van der Waals surface area contributed by atoms with Crippen LogP contribution in [0.4, 0.5) is 4.39 Å². The summed E-state index contributed by atoms with van der Waals surface area (Å²) in [6.07, 6.45) is 1.01. The van der Waals surface area contributed by atoms with Crippen molar-refractivity contribution >= 4 is 12.4 Å². The molecule has 2 N–H and O–H groups in total. The van der Waals surface area contributed by atoms with E-state index in [0.29, 0.717) is 5.92 Å². The van der Waals surface area contributed by atoms with Crippen molar-refractivity contribution in [1.82, 2.24) is 0 Å². The topological polar surface area (TPSA) is 26.0 Å². The molecule has 72 valence electrons. The van der Waals surface area contributed by atoms with Crippen molar-refractivity contribution in [2.75, 3.05) is 0 Å². The normalized spacial score (nSPS) is 30.8. The van der Waals surface area contributed by atoms with Gasteiger partial charge in [0.2, 0.25) is 0 Å². The third-order valence-electron chi connectivity index (χ3n) is 2.74. The van der Waals surface area contributed by atoms with Crippen LogP contribution in [0.25, 0.3) is 0 Å². The van der Waals surface area contributed by atoms with Gasteiger partial charge in [0.15, 0.2) is 0 Å². The molecule has 2 atom stereocenters. The van der Waals surface area contributed by atoms with E-state index in [0.717, 1.165) is 12.0 Å². The van der Waals surface area contributed by atoms with Gasteiger partial charge in [-0.05, 0) is 30.0 Å². The Morgan fingerprint density at radius 2 is 1.85 bits per heavy atom. The average Bonchev–Trinajstić information content (AvgIpc) is 2.62. The van der Waals surface area contributed by atoms with Gasteiger partial charge < -0.3 is 5.73 Å². The monoisotopic (exact) mass is 201 g/mol. The molecule has 0 unspecified atom stereocenters. The first kappa shape index (κ1) is 10.5. The second-order valence-corrected chi connectivity index (χ2v) is 3.65. The Morgan fingerprint density at radius 3 is 2.23 bits per heavy atom. The summed E-state index contributed by atoms with van der Waals surface area (Å²) in [5, 5.41) is 0. The van der Waals surface area contributed by atoms with Crippen LogP contribution in [0.1, 0.15) is 18.9 Å². The highest BCUT2D eigenvalue weighted by Gasteiger charge is 2.48. The Balaban J connectivity index is 0.000000845. The van der Waals surface area contributed by atoms with Crippen LogP contribution < -0.4 is 5.73 Å². The van der Waals surface area contributed by atoms with E-state index in [1.54, 1.807) is 12.1 Å². The maximum Gasteiger partial charge on any atom is 0.123 e. The number of nitrogens with two attached hydrogens (primary N) is 1. The fourth-order valence-electron chi connectivity index (χ4n) is 1.61. The van der Waals surface area contributed by atoms with Crippen LogP contribution >= 0.6 is 12.4 Å². The van der Waals surface area contributed by atoms with Gasteiger partial charge in [-0.25, -0.2) is 4.39 Å². The van der Waals surface area contributed by atoms with Crippen molar-refractivity contribution in [3.63, 3.8) is 0 Å². The maximum absolute atomic E-state index is 12.6. The fourth-order valence-corrected chi connectivity index (χ4v) is 1.61. The molecule has 0 aromatic heterocycles. The molecular weight excluding hydrogens is 189 g/mol. The van der Waals surface area contributed by atoms with Crippen LogP contribution in [0.5, 0.6) is 0 Å². The van der Waals surface area contributed by atoms with Crippen molar-refractivity contribution < 1.29 is 4.39 Å². The Morgan fingerprint density at radius 1 is 1.38 bits per heavy atom. The second-order valence-electron chi connectivity index (χ2n) is 3.65. The quantitative estimate of drug-likeness (QED) is 0.742. The molecule has 1 aromatic carbocycles. The van der Waals surface area contributed by atoms with Crippen LogP contribution in [-0.4, -0.2) is 0 Å². The molecule has 1 aromatic rings. The molecule has 0 aliphatic heterocycles. The number of benzene rings is 1. The second kappa shape index (κ2) is 3.28. The van der Waals surface area contributed by atoms with E-state index in [2.05, 4.69) is 6.92 Å². The minimum Gasteiger partial charge on any atom is -0.321 e. The molecule has 1 saturated carbocycles. The number of halogens is 2. The zero-order valence-corrected chi connectivity index (χ0v) is 8.27. The summed E-state index contributed by atoms with van der Waals surface area (Å²) in [6.45, 7) is 2.11. The Labute approximate surface area is 83.5 Å². The fraction of sp³-hybridized carbons (Fsp3) is 0.400. The molecule has 2 rings (SSSR count). The molecule has 0 amide bonds. The third-order valence-corrected chi connectivity index (χ3v) is 2.74. The Hall–Kier alpha value is -0.600. The molecular formula is C10H13ClFN. The molecule has 1 fully saturated rings. The van der Waals surface area contributed by atoms with Gasteiger partial charge in [-0.15, -0.1) is 12.4 Å². The van der Waals surface area contributed by atoms with Crippen LogP contribution in [0.3, 0.4) is 0 Å². The van der Waals surface area contributed by atoms with Crippen molar-refractivity contribution in [2.24, 2.45) is 11.7 Å². The smallest absolute Gasteiger partial charge is 0.123 e. The van der Waals surface area contributed by atoms with Gasteiger partial charge in [0.25, 0.3) is 0 Å². The highest BCUT2D eigenvalue weighted by atomic mass is 35.5. The minimum absolute atomic E-state index is 0. The highest BCUT2D eigenvalue weighted by Crippen LogP contribution is 2.48. The van der Waals surface area contributed by atoms with E-state index in [9.17, 15) is 4.39 Å². The van der Waals surface area contributed by atoms with Gasteiger partial charge in [-0.1, -0.05) is 19.1 Å². The molecule has 3 heteroatoms. The molecule has 0 spiro atoms. The van der Waals surface area contributed by atoms with Gasteiger partial charge in [-0.2, -0.15) is 0 Å². The van der Waals surface area contributed by atoms with Crippen LogP contribution in [-0.2, 0) is 5.54 Å². The van der Waals surface area contributed by atoms with Gasteiger partial charge >= 0.3 is 0 Å². The van der Waals surface area contributed by atoms with Crippen molar-refractivity contribution in [3.8, 4) is 0 Å². The van der Waals surface area contributed by atoms with E-state index >= 15 is 0 Å². The van der Waals surface area contributed by atoms with Gasteiger partial charge in [0.05, 0.1) is 0 Å². The Kier molecular flexibility index (Phi) is 2.64. The predicted molar refractivity (Wildman–Crippen MR) is 53.3 cm³/mol. The predicted octanol–water partition coefficient (Wildman–Crippen LogP) is 2.44. The SMILES string of the molecule is C[C@H]1C[C@@]1(N)c1ccc(F)cc1.Cl. The van der Waals surface area contributed by atoms with Gasteiger partial charge in [0.1, 0.15) is 5.82 Å². The van der Waals surface area contributed by atoms with Gasteiger partial charge in [0, 0.05) is 5.54 Å². The van der Waals surface area contributed by atoms with Crippen molar-refractivity contribution in [2.45, 2.75) is 18.9 Å². The largest absolute Gasteiger partial charge is 0.321 e. The first-order chi connectivity index (χ1) is 5.63. The summed E-state index contributed by atoms with van der Waals surface area (Å²) < 4.78 is 12.6. The zero-order chi connectivity index (χ0) is 8.77. The molecule has 1 aliphatic carbocycles. The van der Waals surface area contributed by atoms with E-state index in [1.807, 2.05) is 0 Å². The minimum atomic E-state index is -0.198. The summed E-state index contributed by atoms with van der Waals surface area (Å²) in [6, 6.07) is 6.49. The molecule has 1 nitrogen and oxygen atoms in total. The molecule has 0 radical (unpaired) electrons. The standard InChI is InChI=1S/C10H12FN.ClH/c1-7-6-10(7,12)8-2-4-9(11)5-3-8;/h2-5,7H,6,12H2,1H3;1H/t7-,10-;/m0./s1. The van der Waals surface area contributed by atoms with Crippen LogP contribution in [0.15, 0.2) is 24.3 Å². The van der Waals surface area contributed by atoms with E-state index in [-0.39, 0.29) is 23.8 Å². The van der Waals surface area contributed by atoms with Gasteiger partial charge in [-0.3, -0.25) is 0 Å². The zero-order valence-electron chi connectivity index (χ0n) is 7.46. The molecule has 0 heterocycles. The first-order valence-electron chi connectivity index (χ1n) is 4.18. The lowest BCUT2D eigenvalue weighted by atomic mass is 10.0.